The number of nitrogens with zero attached hydrogens (tertiary/aromatic N) is 4. The van der Waals surface area contributed by atoms with E-state index in [0.29, 0.717) is 6.04 Å². The lowest BCUT2D eigenvalue weighted by Gasteiger charge is -2.34. The summed E-state index contributed by atoms with van der Waals surface area (Å²) in [4.78, 5) is 9.58. The van der Waals surface area contributed by atoms with Crippen LogP contribution >= 0.6 is 0 Å². The van der Waals surface area contributed by atoms with Crippen LogP contribution in [0.2, 0.25) is 0 Å². The Morgan fingerprint density at radius 1 is 1.37 bits per heavy atom. The number of nitrogens with one attached hydrogen (secondary N) is 1. The van der Waals surface area contributed by atoms with Gasteiger partial charge in [0.1, 0.15) is 0 Å². The Balaban J connectivity index is 1.67. The summed E-state index contributed by atoms with van der Waals surface area (Å²) < 4.78 is 0. The first kappa shape index (κ1) is 11.1. The highest BCUT2D eigenvalue weighted by atomic mass is 15.6. The molecule has 19 heavy (non-hydrogen) atoms. The largest absolute Gasteiger partial charge is 0.366 e. The van der Waals surface area contributed by atoms with Crippen LogP contribution in [0.5, 0.6) is 0 Å². The number of hydrazine groups is 1. The predicted molar refractivity (Wildman–Crippen MR) is 77.0 cm³/mol. The maximum Gasteiger partial charge on any atom is 0.153 e. The molecular formula is C14H19N5. The molecular weight excluding hydrogens is 238 g/mol. The van der Waals surface area contributed by atoms with E-state index in [4.69, 9.17) is 4.98 Å². The minimum absolute atomic E-state index is 0.614. The van der Waals surface area contributed by atoms with E-state index in [-0.39, 0.29) is 0 Å². The van der Waals surface area contributed by atoms with Crippen LogP contribution in [0.1, 0.15) is 12.1 Å². The average Bonchev–Trinajstić information content (AvgIpc) is 3.12. The van der Waals surface area contributed by atoms with Gasteiger partial charge in [-0.2, -0.15) is 0 Å². The van der Waals surface area contributed by atoms with Gasteiger partial charge in [-0.15, -0.1) is 0 Å². The molecule has 1 aromatic rings. The number of hydrogen-bond acceptors (Lipinski definition) is 5. The van der Waals surface area contributed by atoms with Gasteiger partial charge >= 0.3 is 0 Å². The van der Waals surface area contributed by atoms with Crippen molar-refractivity contribution in [1.29, 1.82) is 0 Å². The molecule has 100 valence electrons. The number of hydrogen-bond donors (Lipinski definition) is 1. The molecule has 4 rings (SSSR count). The van der Waals surface area contributed by atoms with Crippen LogP contribution in [0.15, 0.2) is 18.7 Å². The van der Waals surface area contributed by atoms with Gasteiger partial charge in [0.2, 0.25) is 0 Å². The highest BCUT2D eigenvalue weighted by molar-refractivity contribution is 5.74. The van der Waals surface area contributed by atoms with Crippen molar-refractivity contribution in [1.82, 2.24) is 15.4 Å². The van der Waals surface area contributed by atoms with E-state index in [1.54, 1.807) is 0 Å². The lowest BCUT2D eigenvalue weighted by Crippen LogP contribution is -2.40. The first-order chi connectivity index (χ1) is 9.22. The highest BCUT2D eigenvalue weighted by Gasteiger charge is 2.35. The summed E-state index contributed by atoms with van der Waals surface area (Å²) in [5.74, 6) is 1.10. The molecule has 3 aliphatic heterocycles. The molecule has 5 heteroatoms. The molecule has 1 N–H and O–H groups in total. The standard InChI is InChI=1S/C14H19N5/c1-10(16-19-7-8-19)12-3-4-13-14(15-12)17(2)11-5-6-18(13)9-11/h3-4,11,16H,1,5-9H2,2H3. The minimum Gasteiger partial charge on any atom is -0.366 e. The van der Waals surface area contributed by atoms with Gasteiger partial charge in [-0.05, 0) is 18.6 Å². The van der Waals surface area contributed by atoms with Crippen molar-refractivity contribution >= 4 is 17.2 Å². The topological polar surface area (TPSA) is 34.4 Å². The van der Waals surface area contributed by atoms with Gasteiger partial charge in [-0.1, -0.05) is 6.58 Å². The van der Waals surface area contributed by atoms with E-state index in [1.165, 1.54) is 12.1 Å². The second-order valence-corrected chi connectivity index (χ2v) is 5.62. The van der Waals surface area contributed by atoms with Crippen molar-refractivity contribution in [2.75, 3.05) is 43.0 Å². The summed E-state index contributed by atoms with van der Waals surface area (Å²) in [6, 6.07) is 4.87. The first-order valence-electron chi connectivity index (χ1n) is 6.92. The zero-order valence-electron chi connectivity index (χ0n) is 11.3. The Morgan fingerprint density at radius 3 is 3.00 bits per heavy atom. The van der Waals surface area contributed by atoms with E-state index in [9.17, 15) is 0 Å². The fourth-order valence-electron chi connectivity index (χ4n) is 2.98. The Labute approximate surface area is 113 Å². The number of fused-ring (bicyclic) bond motifs is 4. The van der Waals surface area contributed by atoms with E-state index >= 15 is 0 Å². The highest BCUT2D eigenvalue weighted by Crippen LogP contribution is 2.38. The van der Waals surface area contributed by atoms with Gasteiger partial charge in [0, 0.05) is 39.3 Å². The van der Waals surface area contributed by atoms with Gasteiger partial charge < -0.3 is 15.2 Å². The molecule has 0 saturated carbocycles. The lowest BCUT2D eigenvalue weighted by atomic mass is 10.2. The number of anilines is 2. The second-order valence-electron chi connectivity index (χ2n) is 5.62. The number of rotatable bonds is 3. The normalized spacial score (nSPS) is 24.4. The van der Waals surface area contributed by atoms with Crippen molar-refractivity contribution in [3.63, 3.8) is 0 Å². The molecule has 4 heterocycles. The third kappa shape index (κ3) is 1.76. The molecule has 5 nitrogen and oxygen atoms in total. The summed E-state index contributed by atoms with van der Waals surface area (Å²) in [5, 5.41) is 2.13. The van der Waals surface area contributed by atoms with Crippen LogP contribution < -0.4 is 15.2 Å². The van der Waals surface area contributed by atoms with Gasteiger partial charge in [0.05, 0.1) is 17.1 Å². The van der Waals surface area contributed by atoms with Crippen LogP contribution in [0.3, 0.4) is 0 Å². The van der Waals surface area contributed by atoms with Crippen LogP contribution in [0, 0.1) is 0 Å². The van der Waals surface area contributed by atoms with Crippen molar-refractivity contribution < 1.29 is 0 Å². The maximum atomic E-state index is 4.81. The number of pyridine rings is 1. The summed E-state index contributed by atoms with van der Waals surface area (Å²) in [6.07, 6.45) is 1.23. The third-order valence-corrected chi connectivity index (χ3v) is 4.29. The van der Waals surface area contributed by atoms with Crippen molar-refractivity contribution in [2.45, 2.75) is 12.5 Å². The zero-order valence-corrected chi connectivity index (χ0v) is 11.3. The molecule has 2 saturated heterocycles. The summed E-state index contributed by atoms with van der Waals surface area (Å²) in [5.41, 5.74) is 6.37. The zero-order chi connectivity index (χ0) is 13.0. The minimum atomic E-state index is 0.614. The number of aromatic nitrogens is 1. The summed E-state index contributed by atoms with van der Waals surface area (Å²) >= 11 is 0. The van der Waals surface area contributed by atoms with E-state index in [0.717, 1.165) is 43.4 Å². The van der Waals surface area contributed by atoms with Crippen LogP contribution in [-0.2, 0) is 0 Å². The lowest BCUT2D eigenvalue weighted by molar-refractivity contribution is 0.495. The molecule has 2 bridgehead atoms. The molecule has 1 aromatic heterocycles. The van der Waals surface area contributed by atoms with E-state index < -0.39 is 0 Å². The fraction of sp³-hybridized carbons (Fsp3) is 0.500. The molecule has 0 aliphatic carbocycles. The van der Waals surface area contributed by atoms with Crippen LogP contribution in [0.4, 0.5) is 11.5 Å². The van der Waals surface area contributed by atoms with Gasteiger partial charge in [0.15, 0.2) is 5.82 Å². The Kier molecular flexibility index (Phi) is 2.26. The summed E-state index contributed by atoms with van der Waals surface area (Å²) in [6.45, 7) is 8.56. The fourth-order valence-corrected chi connectivity index (χ4v) is 2.98. The molecule has 0 amide bonds. The smallest absolute Gasteiger partial charge is 0.153 e. The first-order valence-corrected chi connectivity index (χ1v) is 6.92. The Bertz CT molecular complexity index is 537. The van der Waals surface area contributed by atoms with Gasteiger partial charge in [-0.25, -0.2) is 9.99 Å². The average molecular weight is 257 g/mol. The molecule has 1 atom stereocenters. The maximum absolute atomic E-state index is 4.81. The number of likely N-dealkylation sites (N-methyl/N-ethyl adjacent to an activating group) is 1. The SMILES string of the molecule is C=C(NN1CC1)c1ccc2c(n1)N(C)C1CCN2C1. The van der Waals surface area contributed by atoms with Crippen molar-refractivity contribution in [2.24, 2.45) is 0 Å². The monoisotopic (exact) mass is 257 g/mol. The molecule has 0 spiro atoms. The Morgan fingerprint density at radius 2 is 2.21 bits per heavy atom. The van der Waals surface area contributed by atoms with Gasteiger partial charge in [0.25, 0.3) is 0 Å². The quantitative estimate of drug-likeness (QED) is 0.814. The van der Waals surface area contributed by atoms with Crippen LogP contribution in [-0.4, -0.2) is 49.3 Å². The van der Waals surface area contributed by atoms with Crippen molar-refractivity contribution in [3.05, 3.63) is 24.4 Å². The third-order valence-electron chi connectivity index (χ3n) is 4.29. The van der Waals surface area contributed by atoms with Gasteiger partial charge in [-0.3, -0.25) is 0 Å². The predicted octanol–water partition coefficient (Wildman–Crippen LogP) is 0.901. The van der Waals surface area contributed by atoms with E-state index in [1.807, 2.05) is 0 Å². The van der Waals surface area contributed by atoms with Crippen LogP contribution in [0.25, 0.3) is 5.70 Å². The second kappa shape index (κ2) is 3.87. The summed E-state index contributed by atoms with van der Waals surface area (Å²) in [7, 11) is 2.16. The van der Waals surface area contributed by atoms with Crippen molar-refractivity contribution in [3.8, 4) is 0 Å². The van der Waals surface area contributed by atoms with E-state index in [2.05, 4.69) is 46.0 Å². The Hall–Kier alpha value is -1.75. The molecule has 0 aromatic carbocycles. The molecule has 0 radical (unpaired) electrons. The molecule has 3 aliphatic rings. The molecule has 2 fully saturated rings. The molecule has 1 unspecified atom stereocenters.